The van der Waals surface area contributed by atoms with Gasteiger partial charge in [-0.3, -0.25) is 0 Å². The molecule has 6 nitrogen and oxygen atoms in total. The number of hydrogen-bond donors (Lipinski definition) is 0. The molecule has 5 rings (SSSR count). The molecule has 1 aromatic heterocycles. The second-order valence-electron chi connectivity index (χ2n) is 7.67. The van der Waals surface area contributed by atoms with Gasteiger partial charge in [0.1, 0.15) is 0 Å². The molecule has 0 aliphatic carbocycles. The summed E-state index contributed by atoms with van der Waals surface area (Å²) in [4.78, 5) is 17.8. The van der Waals surface area contributed by atoms with E-state index in [0.717, 1.165) is 53.2 Å². The third kappa shape index (κ3) is 3.21. The summed E-state index contributed by atoms with van der Waals surface area (Å²) in [5, 5.41) is 4.79. The van der Waals surface area contributed by atoms with Crippen LogP contribution in [0.1, 0.15) is 12.0 Å². The number of rotatable bonds is 4. The molecule has 8 heteroatoms. The summed E-state index contributed by atoms with van der Waals surface area (Å²) in [6.45, 7) is 2.45. The molecule has 29 heavy (non-hydrogen) atoms. The van der Waals surface area contributed by atoms with Crippen LogP contribution in [0, 0.1) is 0 Å². The average molecular weight is 477 g/mol. The molecule has 0 amide bonds. The van der Waals surface area contributed by atoms with Crippen LogP contribution in [-0.4, -0.2) is 46.4 Å². The molecule has 152 valence electrons. The van der Waals surface area contributed by atoms with E-state index < -0.39 is 0 Å². The minimum Gasteiger partial charge on any atom is -0.339 e. The number of nitrogens with zero attached hydrogens (tertiary/aromatic N) is 5. The minimum atomic E-state index is -0.0770. The third-order valence-corrected chi connectivity index (χ3v) is 6.01. The summed E-state index contributed by atoms with van der Waals surface area (Å²) >= 11 is 3.58. The fourth-order valence-electron chi connectivity index (χ4n) is 4.26. The van der Waals surface area contributed by atoms with Gasteiger partial charge in [-0.1, -0.05) is 28.1 Å². The molecule has 0 spiro atoms. The van der Waals surface area contributed by atoms with Crippen molar-refractivity contribution in [3.05, 3.63) is 56.9 Å². The van der Waals surface area contributed by atoms with Crippen LogP contribution < -0.4 is 10.6 Å². The predicted octanol–water partition coefficient (Wildman–Crippen LogP) is 3.84. The summed E-state index contributed by atoms with van der Waals surface area (Å²) in [6, 6.07) is 12.5. The van der Waals surface area contributed by atoms with Crippen molar-refractivity contribution < 1.29 is 0 Å². The van der Waals surface area contributed by atoms with Crippen LogP contribution in [0.3, 0.4) is 0 Å². The number of halogens is 2. The van der Waals surface area contributed by atoms with Gasteiger partial charge in [-0.25, -0.2) is 14.0 Å². The van der Waals surface area contributed by atoms with Gasteiger partial charge in [0, 0.05) is 23.1 Å². The van der Waals surface area contributed by atoms with E-state index >= 15 is 0 Å². The van der Waals surface area contributed by atoms with Crippen LogP contribution in [0.25, 0.3) is 17.1 Å². The normalized spacial score (nSPS) is 13.6. The smallest absolute Gasteiger partial charge is 0.339 e. The first-order chi connectivity index (χ1) is 13.5. The van der Waals surface area contributed by atoms with Crippen molar-refractivity contribution >= 4 is 39.7 Å². The van der Waals surface area contributed by atoms with Crippen molar-refractivity contribution in [2.24, 2.45) is 0 Å². The Morgan fingerprint density at radius 3 is 2.79 bits per heavy atom. The van der Waals surface area contributed by atoms with E-state index in [1.165, 1.54) is 11.3 Å². The van der Waals surface area contributed by atoms with Gasteiger partial charge in [-0.05, 0) is 63.3 Å². The fourth-order valence-corrected chi connectivity index (χ4v) is 4.61. The van der Waals surface area contributed by atoms with E-state index in [1.807, 2.05) is 26.2 Å². The summed E-state index contributed by atoms with van der Waals surface area (Å²) in [6.07, 6.45) is 1.89. The number of para-hydroxylation sites is 1. The average Bonchev–Trinajstić information content (AvgIpc) is 3.20. The lowest BCUT2D eigenvalue weighted by Gasteiger charge is -2.21. The molecule has 0 saturated carbocycles. The van der Waals surface area contributed by atoms with Gasteiger partial charge in [-0.15, -0.1) is 17.5 Å². The van der Waals surface area contributed by atoms with Gasteiger partial charge in [0.25, 0.3) is 0 Å². The lowest BCUT2D eigenvalue weighted by molar-refractivity contribution is 0.378. The zero-order valence-electron chi connectivity index (χ0n) is 16.4. The van der Waals surface area contributed by atoms with Crippen molar-refractivity contribution in [3.8, 4) is 17.1 Å². The number of benzene rings is 2. The van der Waals surface area contributed by atoms with Crippen LogP contribution in [0.2, 0.25) is 0 Å². The molecule has 0 saturated heterocycles. The molecular weight excluding hydrogens is 454 g/mol. The van der Waals surface area contributed by atoms with Crippen molar-refractivity contribution in [2.45, 2.75) is 19.4 Å². The Bertz CT molecular complexity index is 1140. The number of hydrogen-bond acceptors (Lipinski definition) is 4. The van der Waals surface area contributed by atoms with Gasteiger partial charge in [-0.2, -0.15) is 0 Å². The quantitative estimate of drug-likeness (QED) is 0.574. The zero-order valence-corrected chi connectivity index (χ0v) is 18.8. The SMILES string of the molecule is CN(C)CCCn1nc2n(c1=O)-c1cc(Br)ccc1N1CCc3cccc-2c31.Cl. The maximum absolute atomic E-state index is 13.4. The Labute approximate surface area is 184 Å². The molecule has 0 radical (unpaired) electrons. The highest BCUT2D eigenvalue weighted by Gasteiger charge is 2.33. The molecule has 0 N–H and O–H groups in total. The van der Waals surface area contributed by atoms with Crippen LogP contribution in [0.5, 0.6) is 0 Å². The Balaban J connectivity index is 0.00000205. The highest BCUT2D eigenvalue weighted by molar-refractivity contribution is 9.10. The van der Waals surface area contributed by atoms with Crippen molar-refractivity contribution in [1.29, 1.82) is 0 Å². The van der Waals surface area contributed by atoms with Crippen molar-refractivity contribution in [2.75, 3.05) is 32.1 Å². The first-order valence-corrected chi connectivity index (χ1v) is 10.4. The molecular formula is C21H23BrClN5O. The number of anilines is 2. The Hall–Kier alpha value is -2.09. The van der Waals surface area contributed by atoms with Gasteiger partial charge in [0.05, 0.1) is 17.1 Å². The molecule has 0 fully saturated rings. The highest BCUT2D eigenvalue weighted by atomic mass is 79.9. The number of aromatic nitrogens is 3. The van der Waals surface area contributed by atoms with E-state index in [9.17, 15) is 4.79 Å². The Morgan fingerprint density at radius 1 is 1.17 bits per heavy atom. The third-order valence-electron chi connectivity index (χ3n) is 5.52. The zero-order chi connectivity index (χ0) is 19.4. The standard InChI is InChI=1S/C21H22BrN5O.ClH/c1-24(2)10-4-11-26-21(28)27-18-13-15(22)7-8-17(18)25-12-9-14-5-3-6-16(19(14)25)20(27)23-26;/h3,5-8,13H,4,9-12H2,1-2H3;1H. The van der Waals surface area contributed by atoms with Gasteiger partial charge >= 0.3 is 5.69 Å². The van der Waals surface area contributed by atoms with Crippen LogP contribution in [-0.2, 0) is 13.0 Å². The van der Waals surface area contributed by atoms with Crippen molar-refractivity contribution in [1.82, 2.24) is 19.2 Å². The lowest BCUT2D eigenvalue weighted by atomic mass is 10.1. The van der Waals surface area contributed by atoms with Gasteiger partial charge in [0.2, 0.25) is 0 Å². The predicted molar refractivity (Wildman–Crippen MR) is 122 cm³/mol. The molecule has 2 aliphatic rings. The molecule has 2 aliphatic heterocycles. The number of fused-ring (bicyclic) bond motifs is 5. The Kier molecular flexibility index (Phi) is 5.31. The largest absolute Gasteiger partial charge is 0.350 e. The molecule has 0 atom stereocenters. The van der Waals surface area contributed by atoms with Crippen LogP contribution in [0.4, 0.5) is 11.4 Å². The van der Waals surface area contributed by atoms with E-state index in [4.69, 9.17) is 5.10 Å². The monoisotopic (exact) mass is 475 g/mol. The van der Waals surface area contributed by atoms with Gasteiger partial charge < -0.3 is 9.80 Å². The fraction of sp³-hybridized carbons (Fsp3) is 0.333. The van der Waals surface area contributed by atoms with Crippen LogP contribution in [0.15, 0.2) is 45.7 Å². The summed E-state index contributed by atoms with van der Waals surface area (Å²) < 4.78 is 4.35. The lowest BCUT2D eigenvalue weighted by Crippen LogP contribution is -2.26. The topological polar surface area (TPSA) is 46.3 Å². The van der Waals surface area contributed by atoms with Gasteiger partial charge in [0.15, 0.2) is 5.82 Å². The molecule has 3 aromatic rings. The summed E-state index contributed by atoms with van der Waals surface area (Å²) in [7, 11) is 4.08. The highest BCUT2D eigenvalue weighted by Crippen LogP contribution is 2.46. The van der Waals surface area contributed by atoms with Crippen molar-refractivity contribution in [3.63, 3.8) is 0 Å². The molecule has 0 bridgehead atoms. The maximum Gasteiger partial charge on any atom is 0.350 e. The first-order valence-electron chi connectivity index (χ1n) is 9.59. The molecule has 2 aromatic carbocycles. The second-order valence-corrected chi connectivity index (χ2v) is 8.59. The van der Waals surface area contributed by atoms with E-state index in [2.05, 4.69) is 50.0 Å². The first kappa shape index (κ1) is 20.2. The van der Waals surface area contributed by atoms with E-state index in [0.29, 0.717) is 6.54 Å². The van der Waals surface area contributed by atoms with E-state index in [-0.39, 0.29) is 18.1 Å². The molecule has 0 unspecified atom stereocenters. The minimum absolute atomic E-state index is 0. The summed E-state index contributed by atoms with van der Waals surface area (Å²) in [5.74, 6) is 0.732. The molecule has 3 heterocycles. The maximum atomic E-state index is 13.4. The number of aryl methyl sites for hydroxylation is 1. The Morgan fingerprint density at radius 2 is 2.00 bits per heavy atom. The second kappa shape index (κ2) is 7.63. The van der Waals surface area contributed by atoms with Crippen LogP contribution >= 0.6 is 28.3 Å². The van der Waals surface area contributed by atoms with E-state index in [1.54, 1.807) is 9.25 Å². The summed E-state index contributed by atoms with van der Waals surface area (Å²) in [5.41, 5.74) is 5.41.